The molecule has 0 aromatic rings. The minimum atomic E-state index is -4.39. The largest absolute Gasteiger partial charge is 0.472 e. The van der Waals surface area contributed by atoms with Crippen LogP contribution in [0.3, 0.4) is 0 Å². The number of phosphoric ester groups is 1. The zero-order chi connectivity index (χ0) is 54.2. The van der Waals surface area contributed by atoms with E-state index in [9.17, 15) is 19.0 Å². The molecule has 0 saturated carbocycles. The molecule has 0 heterocycles. The van der Waals surface area contributed by atoms with Gasteiger partial charge in [-0.1, -0.05) is 247 Å². The van der Waals surface area contributed by atoms with Crippen LogP contribution < -0.4 is 0 Å². The summed E-state index contributed by atoms with van der Waals surface area (Å²) in [6.45, 7) is 4.25. The van der Waals surface area contributed by atoms with Crippen LogP contribution in [0.5, 0.6) is 0 Å². The van der Waals surface area contributed by atoms with Crippen molar-refractivity contribution in [1.82, 2.24) is 0 Å². The SMILES string of the molecule is CC/C=C\C/C=C\C/C=C\C/C=C\C/C=C\CCCCCCCCCCCCCCCCCCCCCCCC(=O)OC(COC(=O)CCCCCCC/C=C\C/C=C\CCC)COP(=O)(O)OCC[N+](C)(C)C. The van der Waals surface area contributed by atoms with Gasteiger partial charge >= 0.3 is 19.8 Å². The van der Waals surface area contributed by atoms with E-state index in [0.717, 1.165) is 96.3 Å². The van der Waals surface area contributed by atoms with Gasteiger partial charge in [0.25, 0.3) is 0 Å². The molecule has 428 valence electrons. The number of rotatable bonds is 55. The standard InChI is InChI=1S/C64H114NO8P/c1-6-8-10-12-14-16-18-20-21-22-23-24-25-26-27-28-29-30-31-32-33-34-35-36-37-38-39-40-41-42-43-45-47-49-51-53-55-57-64(67)73-62(61-72-74(68,69)71-59-58-65(3,4)5)60-70-63(66)56-54-52-50-48-46-44-19-17-15-13-11-9-7-2/h8,10-11,13-14,16-17,19-21,23-24,26-27,62H,6-7,9,12,15,18,22,25,28-61H2,1-5H3/p+1/b10-8-,13-11-,16-14-,19-17-,21-20-,24-23-,27-26-. The summed E-state index contributed by atoms with van der Waals surface area (Å²) >= 11 is 0. The van der Waals surface area contributed by atoms with E-state index in [2.05, 4.69) is 98.9 Å². The fourth-order valence-corrected chi connectivity index (χ4v) is 9.00. The molecule has 0 saturated heterocycles. The van der Waals surface area contributed by atoms with Crippen LogP contribution in [-0.4, -0.2) is 74.9 Å². The van der Waals surface area contributed by atoms with Crippen molar-refractivity contribution in [2.45, 2.75) is 264 Å². The van der Waals surface area contributed by atoms with Gasteiger partial charge in [-0.2, -0.15) is 0 Å². The number of allylic oxidation sites excluding steroid dienone is 14. The number of carbonyl (C=O) groups excluding carboxylic acids is 2. The van der Waals surface area contributed by atoms with E-state index in [0.29, 0.717) is 17.4 Å². The summed E-state index contributed by atoms with van der Waals surface area (Å²) in [4.78, 5) is 35.6. The third-order valence-corrected chi connectivity index (χ3v) is 13.9. The lowest BCUT2D eigenvalue weighted by molar-refractivity contribution is -0.870. The van der Waals surface area contributed by atoms with Gasteiger partial charge < -0.3 is 18.9 Å². The number of hydrogen-bond donors (Lipinski definition) is 1. The summed E-state index contributed by atoms with van der Waals surface area (Å²) in [6, 6.07) is 0. The van der Waals surface area contributed by atoms with Crippen molar-refractivity contribution in [3.8, 4) is 0 Å². The predicted molar refractivity (Wildman–Crippen MR) is 316 cm³/mol. The average Bonchev–Trinajstić information content (AvgIpc) is 3.36. The van der Waals surface area contributed by atoms with Gasteiger partial charge in [-0.15, -0.1) is 0 Å². The second-order valence-corrected chi connectivity index (χ2v) is 22.8. The number of ether oxygens (including phenoxy) is 2. The van der Waals surface area contributed by atoms with Gasteiger partial charge in [0.15, 0.2) is 6.10 Å². The van der Waals surface area contributed by atoms with Crippen LogP contribution in [0.2, 0.25) is 0 Å². The summed E-state index contributed by atoms with van der Waals surface area (Å²) in [5.74, 6) is -0.809. The monoisotopic (exact) mass is 1060 g/mol. The molecular weight excluding hydrogens is 942 g/mol. The summed E-state index contributed by atoms with van der Waals surface area (Å²) in [5.41, 5.74) is 0. The molecule has 74 heavy (non-hydrogen) atoms. The van der Waals surface area contributed by atoms with Crippen LogP contribution >= 0.6 is 7.82 Å². The molecule has 0 aliphatic rings. The molecule has 0 aromatic carbocycles. The molecule has 2 unspecified atom stereocenters. The predicted octanol–water partition coefficient (Wildman–Crippen LogP) is 19.0. The minimum absolute atomic E-state index is 0.0282. The van der Waals surface area contributed by atoms with E-state index in [1.807, 2.05) is 21.1 Å². The molecule has 10 heteroatoms. The molecule has 0 aliphatic heterocycles. The normalized spacial score (nSPS) is 13.9. The first kappa shape index (κ1) is 71.2. The lowest BCUT2D eigenvalue weighted by Gasteiger charge is -2.24. The quantitative estimate of drug-likeness (QED) is 0.0211. The summed E-state index contributed by atoms with van der Waals surface area (Å²) in [7, 11) is 1.47. The lowest BCUT2D eigenvalue weighted by atomic mass is 10.0. The van der Waals surface area contributed by atoms with Crippen molar-refractivity contribution in [3.05, 3.63) is 85.1 Å². The summed E-state index contributed by atoms with van der Waals surface area (Å²) < 4.78 is 34.5. The van der Waals surface area contributed by atoms with E-state index in [1.54, 1.807) is 0 Å². The zero-order valence-electron chi connectivity index (χ0n) is 48.6. The van der Waals surface area contributed by atoms with Crippen LogP contribution in [0.4, 0.5) is 0 Å². The highest BCUT2D eigenvalue weighted by Gasteiger charge is 2.27. The van der Waals surface area contributed by atoms with Gasteiger partial charge in [0.1, 0.15) is 19.8 Å². The summed E-state index contributed by atoms with van der Waals surface area (Å²) in [6.07, 6.45) is 74.0. The molecule has 0 aliphatic carbocycles. The number of carbonyl (C=O) groups is 2. The Hall–Kier alpha value is -2.81. The number of likely N-dealkylation sites (N-methyl/N-ethyl adjacent to an activating group) is 1. The molecule has 0 amide bonds. The Bertz CT molecular complexity index is 1520. The van der Waals surface area contributed by atoms with Crippen molar-refractivity contribution in [3.63, 3.8) is 0 Å². The molecule has 2 atom stereocenters. The maximum absolute atomic E-state index is 12.8. The third-order valence-electron chi connectivity index (χ3n) is 12.9. The fourth-order valence-electron chi connectivity index (χ4n) is 8.26. The number of unbranched alkanes of at least 4 members (excludes halogenated alkanes) is 27. The smallest absolute Gasteiger partial charge is 0.462 e. The first-order chi connectivity index (χ1) is 36.0. The fraction of sp³-hybridized carbons (Fsp3) is 0.750. The molecule has 0 bridgehead atoms. The highest BCUT2D eigenvalue weighted by Crippen LogP contribution is 2.43. The Morgan fingerprint density at radius 3 is 1.15 bits per heavy atom. The van der Waals surface area contributed by atoms with E-state index in [4.69, 9.17) is 18.5 Å². The van der Waals surface area contributed by atoms with Crippen molar-refractivity contribution in [2.75, 3.05) is 47.5 Å². The molecule has 0 rings (SSSR count). The number of hydrogen-bond acceptors (Lipinski definition) is 7. The molecule has 1 N–H and O–H groups in total. The molecule has 0 aromatic heterocycles. The van der Waals surface area contributed by atoms with E-state index in [1.165, 1.54) is 128 Å². The topological polar surface area (TPSA) is 108 Å². The average molecular weight is 1060 g/mol. The van der Waals surface area contributed by atoms with Crippen molar-refractivity contribution in [2.24, 2.45) is 0 Å². The number of phosphoric acid groups is 1. The second kappa shape index (κ2) is 55.0. The van der Waals surface area contributed by atoms with Crippen LogP contribution in [0.1, 0.15) is 258 Å². The van der Waals surface area contributed by atoms with Crippen molar-refractivity contribution >= 4 is 19.8 Å². The van der Waals surface area contributed by atoms with Crippen molar-refractivity contribution in [1.29, 1.82) is 0 Å². The highest BCUT2D eigenvalue weighted by molar-refractivity contribution is 7.47. The van der Waals surface area contributed by atoms with E-state index >= 15 is 0 Å². The summed E-state index contributed by atoms with van der Waals surface area (Å²) in [5, 5.41) is 0. The van der Waals surface area contributed by atoms with Gasteiger partial charge in [0, 0.05) is 12.8 Å². The van der Waals surface area contributed by atoms with Gasteiger partial charge in [0.05, 0.1) is 27.7 Å². The van der Waals surface area contributed by atoms with Gasteiger partial charge in [-0.05, 0) is 83.5 Å². The Labute approximate surface area is 456 Å². The van der Waals surface area contributed by atoms with E-state index in [-0.39, 0.29) is 32.0 Å². The van der Waals surface area contributed by atoms with Crippen molar-refractivity contribution < 1.29 is 42.1 Å². The Morgan fingerprint density at radius 1 is 0.432 bits per heavy atom. The second-order valence-electron chi connectivity index (χ2n) is 21.4. The van der Waals surface area contributed by atoms with Crippen LogP contribution in [0.25, 0.3) is 0 Å². The lowest BCUT2D eigenvalue weighted by Crippen LogP contribution is -2.37. The molecule has 0 radical (unpaired) electrons. The maximum Gasteiger partial charge on any atom is 0.472 e. The Morgan fingerprint density at radius 2 is 0.770 bits per heavy atom. The molecule has 9 nitrogen and oxygen atoms in total. The Kier molecular flexibility index (Phi) is 52.9. The first-order valence-electron chi connectivity index (χ1n) is 30.3. The highest BCUT2D eigenvalue weighted by atomic mass is 31.2. The molecule has 0 fully saturated rings. The van der Waals surface area contributed by atoms with Gasteiger partial charge in [0.2, 0.25) is 0 Å². The van der Waals surface area contributed by atoms with Crippen LogP contribution in [0, 0.1) is 0 Å². The third kappa shape index (κ3) is 58.5. The number of quaternary nitrogens is 1. The van der Waals surface area contributed by atoms with Gasteiger partial charge in [-0.25, -0.2) is 4.57 Å². The van der Waals surface area contributed by atoms with Crippen LogP contribution in [0.15, 0.2) is 85.1 Å². The molecule has 0 spiro atoms. The minimum Gasteiger partial charge on any atom is -0.462 e. The number of nitrogens with zero attached hydrogens (tertiary/aromatic N) is 1. The maximum atomic E-state index is 12.8. The molecular formula is C64H115NO8P+. The number of esters is 2. The van der Waals surface area contributed by atoms with Crippen LogP contribution in [-0.2, 0) is 32.7 Å². The first-order valence-corrected chi connectivity index (χ1v) is 31.8. The van der Waals surface area contributed by atoms with Gasteiger partial charge in [-0.3, -0.25) is 18.6 Å². The zero-order valence-corrected chi connectivity index (χ0v) is 49.5. The van der Waals surface area contributed by atoms with E-state index < -0.39 is 26.5 Å². The Balaban J connectivity index is 3.95.